The number of thioether (sulfide) groups is 1. The smallest absolute Gasteiger partial charge is 0.191 e. The van der Waals surface area contributed by atoms with E-state index in [0.29, 0.717) is 42.9 Å². The molecule has 0 saturated carbocycles. The first-order valence-electron chi connectivity index (χ1n) is 10.9. The van der Waals surface area contributed by atoms with Gasteiger partial charge in [0.05, 0.1) is 18.2 Å². The van der Waals surface area contributed by atoms with E-state index in [9.17, 15) is 0 Å². The lowest BCUT2D eigenvalue weighted by Gasteiger charge is -2.13. The normalized spacial score (nSPS) is 10.9. The molecule has 6 nitrogen and oxygen atoms in total. The number of halogens is 1. The van der Waals surface area contributed by atoms with Crippen molar-refractivity contribution >= 4 is 23.4 Å². The van der Waals surface area contributed by atoms with Gasteiger partial charge in [0.2, 0.25) is 0 Å². The number of hydrogen-bond donors (Lipinski definition) is 0. The summed E-state index contributed by atoms with van der Waals surface area (Å²) in [5, 5.41) is 10.2. The largest absolute Gasteiger partial charge is 0.491 e. The fourth-order valence-electron chi connectivity index (χ4n) is 3.38. The molecule has 0 unspecified atom stereocenters. The van der Waals surface area contributed by atoms with Gasteiger partial charge in [-0.05, 0) is 23.8 Å². The van der Waals surface area contributed by atoms with Gasteiger partial charge in [-0.25, -0.2) is 0 Å². The molecule has 0 fully saturated rings. The van der Waals surface area contributed by atoms with Crippen LogP contribution in [0.15, 0.2) is 84.0 Å². The Morgan fingerprint density at radius 2 is 1.56 bits per heavy atom. The van der Waals surface area contributed by atoms with Crippen LogP contribution in [0.25, 0.3) is 11.1 Å². The molecule has 0 amide bonds. The molecular formula is C26H26ClN3O3S. The van der Waals surface area contributed by atoms with E-state index in [-0.39, 0.29) is 0 Å². The van der Waals surface area contributed by atoms with Crippen LogP contribution in [-0.4, -0.2) is 40.8 Å². The number of ether oxygens (including phenoxy) is 3. The molecule has 8 heteroatoms. The molecule has 0 radical (unpaired) electrons. The van der Waals surface area contributed by atoms with Crippen LogP contribution >= 0.6 is 23.4 Å². The summed E-state index contributed by atoms with van der Waals surface area (Å²) in [6, 6.07) is 25.6. The Bertz CT molecular complexity index is 1190. The summed E-state index contributed by atoms with van der Waals surface area (Å²) in [4.78, 5) is 0. The number of rotatable bonds is 12. The van der Waals surface area contributed by atoms with Crippen LogP contribution in [-0.2, 0) is 17.9 Å². The topological polar surface area (TPSA) is 58.4 Å². The van der Waals surface area contributed by atoms with Gasteiger partial charge in [0.15, 0.2) is 11.0 Å². The maximum absolute atomic E-state index is 6.20. The minimum absolute atomic E-state index is 0.303. The van der Waals surface area contributed by atoms with Gasteiger partial charge >= 0.3 is 0 Å². The number of para-hydroxylation sites is 2. The maximum Gasteiger partial charge on any atom is 0.191 e. The van der Waals surface area contributed by atoms with E-state index in [0.717, 1.165) is 27.9 Å². The molecular weight excluding hydrogens is 470 g/mol. The summed E-state index contributed by atoms with van der Waals surface area (Å²) in [5.41, 5.74) is 2.14. The third-order valence-corrected chi connectivity index (χ3v) is 6.29. The summed E-state index contributed by atoms with van der Waals surface area (Å²) >= 11 is 7.73. The zero-order valence-corrected chi connectivity index (χ0v) is 20.5. The summed E-state index contributed by atoms with van der Waals surface area (Å²) in [7, 11) is 1.68. The SMILES string of the molecule is COCCn1c(COc2ccccc2-c2ccccc2)nnc1SCCOc1ccccc1Cl. The highest BCUT2D eigenvalue weighted by Crippen LogP contribution is 2.30. The lowest BCUT2D eigenvalue weighted by molar-refractivity contribution is 0.181. The van der Waals surface area contributed by atoms with Gasteiger partial charge < -0.3 is 18.8 Å². The van der Waals surface area contributed by atoms with Crippen molar-refractivity contribution in [2.24, 2.45) is 0 Å². The molecule has 0 spiro atoms. The second-order valence-electron chi connectivity index (χ2n) is 7.32. The molecule has 0 aliphatic rings. The highest BCUT2D eigenvalue weighted by atomic mass is 35.5. The quantitative estimate of drug-likeness (QED) is 0.177. The minimum Gasteiger partial charge on any atom is -0.491 e. The predicted octanol–water partition coefficient (Wildman–Crippen LogP) is 6.00. The summed E-state index contributed by atoms with van der Waals surface area (Å²) < 4.78 is 19.3. The summed E-state index contributed by atoms with van der Waals surface area (Å²) in [5.74, 6) is 2.93. The number of methoxy groups -OCH3 is 1. The first-order valence-corrected chi connectivity index (χ1v) is 12.3. The van der Waals surface area contributed by atoms with Crippen molar-refractivity contribution in [2.45, 2.75) is 18.3 Å². The third-order valence-electron chi connectivity index (χ3n) is 5.05. The lowest BCUT2D eigenvalue weighted by Crippen LogP contribution is -2.12. The summed E-state index contributed by atoms with van der Waals surface area (Å²) in [6.07, 6.45) is 0. The average Bonchev–Trinajstić information content (AvgIpc) is 3.27. The molecule has 0 saturated heterocycles. The first kappa shape index (κ1) is 24.1. The molecule has 0 bridgehead atoms. The number of benzene rings is 3. The molecule has 176 valence electrons. The Labute approximate surface area is 208 Å². The first-order chi connectivity index (χ1) is 16.8. The molecule has 0 aliphatic carbocycles. The van der Waals surface area contributed by atoms with Crippen molar-refractivity contribution in [3.8, 4) is 22.6 Å². The number of nitrogens with zero attached hydrogens (tertiary/aromatic N) is 3. The van der Waals surface area contributed by atoms with Gasteiger partial charge in [-0.15, -0.1) is 10.2 Å². The van der Waals surface area contributed by atoms with Gasteiger partial charge in [-0.2, -0.15) is 0 Å². The van der Waals surface area contributed by atoms with E-state index >= 15 is 0 Å². The van der Waals surface area contributed by atoms with Crippen molar-refractivity contribution in [3.05, 3.63) is 89.7 Å². The molecule has 0 aliphatic heterocycles. The molecule has 4 aromatic rings. The van der Waals surface area contributed by atoms with Gasteiger partial charge in [-0.3, -0.25) is 0 Å². The molecule has 0 atom stereocenters. The number of aromatic nitrogens is 3. The van der Waals surface area contributed by atoms with Crippen LogP contribution in [0, 0.1) is 0 Å². The molecule has 1 heterocycles. The van der Waals surface area contributed by atoms with Crippen molar-refractivity contribution in [1.29, 1.82) is 0 Å². The molecule has 0 N–H and O–H groups in total. The Balaban J connectivity index is 1.41. The van der Waals surface area contributed by atoms with Gasteiger partial charge in [-0.1, -0.05) is 84.0 Å². The van der Waals surface area contributed by atoms with Crippen LogP contribution in [0.3, 0.4) is 0 Å². The van der Waals surface area contributed by atoms with Gasteiger partial charge in [0, 0.05) is 25.0 Å². The second-order valence-corrected chi connectivity index (χ2v) is 8.79. The van der Waals surface area contributed by atoms with Crippen molar-refractivity contribution in [1.82, 2.24) is 14.8 Å². The van der Waals surface area contributed by atoms with E-state index in [1.807, 2.05) is 65.2 Å². The monoisotopic (exact) mass is 495 g/mol. The number of hydrogen-bond acceptors (Lipinski definition) is 6. The Morgan fingerprint density at radius 1 is 0.824 bits per heavy atom. The Hall–Kier alpha value is -3.00. The third kappa shape index (κ3) is 6.32. The Kier molecular flexibility index (Phi) is 8.84. The maximum atomic E-state index is 6.20. The van der Waals surface area contributed by atoms with E-state index in [1.54, 1.807) is 18.9 Å². The van der Waals surface area contributed by atoms with E-state index in [2.05, 4.69) is 28.4 Å². The van der Waals surface area contributed by atoms with Crippen LogP contribution in [0.1, 0.15) is 5.82 Å². The fourth-order valence-corrected chi connectivity index (χ4v) is 4.37. The van der Waals surface area contributed by atoms with Crippen LogP contribution < -0.4 is 9.47 Å². The minimum atomic E-state index is 0.303. The molecule has 34 heavy (non-hydrogen) atoms. The lowest BCUT2D eigenvalue weighted by atomic mass is 10.1. The van der Waals surface area contributed by atoms with Gasteiger partial charge in [0.1, 0.15) is 18.1 Å². The van der Waals surface area contributed by atoms with E-state index in [1.165, 1.54) is 0 Å². The second kappa shape index (κ2) is 12.5. The van der Waals surface area contributed by atoms with Crippen LogP contribution in [0.4, 0.5) is 0 Å². The predicted molar refractivity (Wildman–Crippen MR) is 136 cm³/mol. The fraction of sp³-hybridized carbons (Fsp3) is 0.231. The Morgan fingerprint density at radius 3 is 2.35 bits per heavy atom. The standard InChI is InChI=1S/C26H26ClN3O3S/c1-31-16-15-30-25(19-33-23-13-7-5-11-21(23)20-9-3-2-4-10-20)28-29-26(30)34-18-17-32-24-14-8-6-12-22(24)27/h2-14H,15-19H2,1H3. The van der Waals surface area contributed by atoms with Crippen LogP contribution in [0.2, 0.25) is 5.02 Å². The van der Waals surface area contributed by atoms with E-state index < -0.39 is 0 Å². The average molecular weight is 496 g/mol. The van der Waals surface area contributed by atoms with Crippen molar-refractivity contribution in [3.63, 3.8) is 0 Å². The zero-order valence-electron chi connectivity index (χ0n) is 18.9. The van der Waals surface area contributed by atoms with Crippen molar-refractivity contribution in [2.75, 3.05) is 26.1 Å². The zero-order chi connectivity index (χ0) is 23.6. The van der Waals surface area contributed by atoms with Crippen molar-refractivity contribution < 1.29 is 14.2 Å². The molecule has 4 rings (SSSR count). The molecule has 3 aromatic carbocycles. The van der Waals surface area contributed by atoms with Gasteiger partial charge in [0.25, 0.3) is 0 Å². The van der Waals surface area contributed by atoms with E-state index in [4.69, 9.17) is 25.8 Å². The highest BCUT2D eigenvalue weighted by Gasteiger charge is 2.15. The highest BCUT2D eigenvalue weighted by molar-refractivity contribution is 7.99. The van der Waals surface area contributed by atoms with Crippen LogP contribution in [0.5, 0.6) is 11.5 Å². The summed E-state index contributed by atoms with van der Waals surface area (Å²) in [6.45, 7) is 1.99. The molecule has 1 aromatic heterocycles.